The number of hydrogen-bond acceptors (Lipinski definition) is 2. The molecule has 0 saturated heterocycles. The zero-order chi connectivity index (χ0) is 12.5. The Morgan fingerprint density at radius 2 is 1.83 bits per heavy atom. The molecule has 3 rings (SSSR count). The molecular weight excluding hydrogens is 222 g/mol. The highest BCUT2D eigenvalue weighted by Crippen LogP contribution is 2.23. The minimum absolute atomic E-state index is 0.405. The molecule has 0 bridgehead atoms. The smallest absolute Gasteiger partial charge is 0.0961 e. The number of nitrogens with zero attached hydrogens (tertiary/aromatic N) is 3. The van der Waals surface area contributed by atoms with Gasteiger partial charge in [0.1, 0.15) is 0 Å². The number of pyridine rings is 1. The number of hydrogen-bond donors (Lipinski definition) is 0. The van der Waals surface area contributed by atoms with Crippen molar-refractivity contribution in [2.75, 3.05) is 0 Å². The topological polar surface area (TPSA) is 30.7 Å². The highest BCUT2D eigenvalue weighted by atomic mass is 15.3. The molecule has 2 aromatic heterocycles. The number of para-hydroxylation sites is 1. The van der Waals surface area contributed by atoms with Crippen molar-refractivity contribution in [1.29, 1.82) is 0 Å². The largest absolute Gasteiger partial charge is 0.260 e. The van der Waals surface area contributed by atoms with Crippen molar-refractivity contribution in [3.8, 4) is 5.69 Å². The van der Waals surface area contributed by atoms with E-state index in [1.807, 2.05) is 47.3 Å². The Hall–Kier alpha value is -2.16. The van der Waals surface area contributed by atoms with Crippen LogP contribution in [0, 0.1) is 0 Å². The number of fused-ring (bicyclic) bond motifs is 1. The molecule has 0 radical (unpaired) electrons. The van der Waals surface area contributed by atoms with Crippen LogP contribution < -0.4 is 0 Å². The molecule has 0 aliphatic heterocycles. The summed E-state index contributed by atoms with van der Waals surface area (Å²) in [5.41, 5.74) is 3.18. The fraction of sp³-hybridized carbons (Fsp3) is 0.200. The molecule has 3 nitrogen and oxygen atoms in total. The van der Waals surface area contributed by atoms with E-state index in [9.17, 15) is 0 Å². The molecule has 0 N–H and O–H groups in total. The second-order valence-electron chi connectivity index (χ2n) is 4.69. The molecule has 0 aliphatic carbocycles. The van der Waals surface area contributed by atoms with Crippen LogP contribution in [0.5, 0.6) is 0 Å². The van der Waals surface area contributed by atoms with Crippen molar-refractivity contribution in [1.82, 2.24) is 14.8 Å². The fourth-order valence-corrected chi connectivity index (χ4v) is 2.14. The molecule has 0 atom stereocenters. The van der Waals surface area contributed by atoms with Crippen LogP contribution in [0.2, 0.25) is 0 Å². The highest BCUT2D eigenvalue weighted by molar-refractivity contribution is 5.81. The predicted molar refractivity (Wildman–Crippen MR) is 73.0 cm³/mol. The summed E-state index contributed by atoms with van der Waals surface area (Å²) in [6.07, 6.45) is 3.90. The lowest BCUT2D eigenvalue weighted by molar-refractivity contribution is 0.834. The molecule has 2 heterocycles. The van der Waals surface area contributed by atoms with Gasteiger partial charge in [-0.1, -0.05) is 32.0 Å². The van der Waals surface area contributed by atoms with E-state index in [1.54, 1.807) is 0 Å². The van der Waals surface area contributed by atoms with E-state index in [1.165, 1.54) is 0 Å². The zero-order valence-electron chi connectivity index (χ0n) is 10.5. The Labute approximate surface area is 106 Å². The Balaban J connectivity index is 2.20. The fourth-order valence-electron chi connectivity index (χ4n) is 2.14. The molecule has 0 amide bonds. The van der Waals surface area contributed by atoms with Gasteiger partial charge >= 0.3 is 0 Å². The highest BCUT2D eigenvalue weighted by Gasteiger charge is 2.10. The molecule has 0 aliphatic rings. The molecule has 18 heavy (non-hydrogen) atoms. The Morgan fingerprint density at radius 3 is 2.56 bits per heavy atom. The molecule has 1 aromatic carbocycles. The summed E-state index contributed by atoms with van der Waals surface area (Å²) in [6.45, 7) is 4.31. The van der Waals surface area contributed by atoms with Gasteiger partial charge in [0.25, 0.3) is 0 Å². The minimum Gasteiger partial charge on any atom is -0.260 e. The molecule has 0 fully saturated rings. The van der Waals surface area contributed by atoms with Crippen LogP contribution in [0.1, 0.15) is 25.5 Å². The van der Waals surface area contributed by atoms with Gasteiger partial charge in [0.05, 0.1) is 16.9 Å². The quantitative estimate of drug-likeness (QED) is 0.682. The lowest BCUT2D eigenvalue weighted by Crippen LogP contribution is -1.92. The summed E-state index contributed by atoms with van der Waals surface area (Å²) in [7, 11) is 0. The molecular formula is C15H15N3. The summed E-state index contributed by atoms with van der Waals surface area (Å²) in [5, 5.41) is 5.74. The zero-order valence-corrected chi connectivity index (χ0v) is 10.5. The number of rotatable bonds is 2. The second-order valence-corrected chi connectivity index (χ2v) is 4.69. The summed E-state index contributed by atoms with van der Waals surface area (Å²) >= 11 is 0. The Morgan fingerprint density at radius 1 is 1.06 bits per heavy atom. The Bertz CT molecular complexity index is 669. The third-order valence-corrected chi connectivity index (χ3v) is 3.03. The van der Waals surface area contributed by atoms with E-state index in [0.29, 0.717) is 5.92 Å². The van der Waals surface area contributed by atoms with Crippen LogP contribution in [-0.4, -0.2) is 14.8 Å². The normalized spacial score (nSPS) is 11.3. The van der Waals surface area contributed by atoms with Gasteiger partial charge in [0.15, 0.2) is 0 Å². The molecule has 0 spiro atoms. The van der Waals surface area contributed by atoms with Crippen LogP contribution in [0.15, 0.2) is 48.8 Å². The van der Waals surface area contributed by atoms with Crippen molar-refractivity contribution in [2.45, 2.75) is 19.8 Å². The van der Waals surface area contributed by atoms with E-state index in [-0.39, 0.29) is 0 Å². The van der Waals surface area contributed by atoms with Crippen molar-refractivity contribution in [2.24, 2.45) is 0 Å². The van der Waals surface area contributed by atoms with Crippen molar-refractivity contribution in [3.05, 3.63) is 54.5 Å². The van der Waals surface area contributed by atoms with Crippen LogP contribution in [0.25, 0.3) is 16.6 Å². The first-order valence-corrected chi connectivity index (χ1v) is 6.15. The first kappa shape index (κ1) is 11.0. The van der Waals surface area contributed by atoms with Gasteiger partial charge in [-0.05, 0) is 24.1 Å². The van der Waals surface area contributed by atoms with Gasteiger partial charge in [-0.2, -0.15) is 5.10 Å². The van der Waals surface area contributed by atoms with E-state index < -0.39 is 0 Å². The van der Waals surface area contributed by atoms with Gasteiger partial charge in [0, 0.05) is 17.8 Å². The maximum atomic E-state index is 4.60. The van der Waals surface area contributed by atoms with Gasteiger partial charge < -0.3 is 0 Å². The van der Waals surface area contributed by atoms with E-state index in [0.717, 1.165) is 22.3 Å². The molecule has 3 aromatic rings. The Kier molecular flexibility index (Phi) is 2.59. The maximum absolute atomic E-state index is 4.60. The van der Waals surface area contributed by atoms with Gasteiger partial charge in [-0.25, -0.2) is 4.68 Å². The lowest BCUT2D eigenvalue weighted by Gasteiger charge is -2.03. The molecule has 3 heteroatoms. The average molecular weight is 237 g/mol. The van der Waals surface area contributed by atoms with Crippen molar-refractivity contribution >= 4 is 10.9 Å². The van der Waals surface area contributed by atoms with Crippen LogP contribution in [-0.2, 0) is 0 Å². The van der Waals surface area contributed by atoms with Crippen molar-refractivity contribution < 1.29 is 0 Å². The van der Waals surface area contributed by atoms with Gasteiger partial charge in [0.2, 0.25) is 0 Å². The monoisotopic (exact) mass is 237 g/mol. The van der Waals surface area contributed by atoms with Gasteiger partial charge in [-0.3, -0.25) is 4.98 Å². The first-order valence-electron chi connectivity index (χ1n) is 6.15. The second kappa shape index (κ2) is 4.26. The van der Waals surface area contributed by atoms with E-state index in [4.69, 9.17) is 0 Å². The molecule has 0 saturated carbocycles. The SMILES string of the molecule is CC(C)c1nccc2nn(-c3ccccc3)cc12. The molecule has 0 unspecified atom stereocenters. The van der Waals surface area contributed by atoms with Crippen molar-refractivity contribution in [3.63, 3.8) is 0 Å². The first-order chi connectivity index (χ1) is 8.75. The van der Waals surface area contributed by atoms with Crippen LogP contribution >= 0.6 is 0 Å². The summed E-state index contributed by atoms with van der Waals surface area (Å²) in [5.74, 6) is 0.405. The summed E-state index contributed by atoms with van der Waals surface area (Å²) in [6, 6.07) is 12.1. The standard InChI is InChI=1S/C15H15N3/c1-11(2)15-13-10-18(12-6-4-3-5-7-12)17-14(13)8-9-16-15/h3-11H,1-2H3. The maximum Gasteiger partial charge on any atom is 0.0961 e. The van der Waals surface area contributed by atoms with E-state index in [2.05, 4.69) is 30.1 Å². The van der Waals surface area contributed by atoms with Gasteiger partial charge in [-0.15, -0.1) is 0 Å². The van der Waals surface area contributed by atoms with E-state index >= 15 is 0 Å². The predicted octanol–water partition coefficient (Wildman–Crippen LogP) is 3.54. The minimum atomic E-state index is 0.405. The third kappa shape index (κ3) is 1.78. The van der Waals surface area contributed by atoms with Crippen LogP contribution in [0.4, 0.5) is 0 Å². The third-order valence-electron chi connectivity index (χ3n) is 3.03. The summed E-state index contributed by atoms with van der Waals surface area (Å²) < 4.78 is 1.91. The number of aromatic nitrogens is 3. The van der Waals surface area contributed by atoms with Crippen LogP contribution in [0.3, 0.4) is 0 Å². The number of benzene rings is 1. The molecule has 90 valence electrons. The summed E-state index contributed by atoms with van der Waals surface area (Å²) in [4.78, 5) is 4.46. The lowest BCUT2D eigenvalue weighted by atomic mass is 10.1. The average Bonchev–Trinajstić information content (AvgIpc) is 2.83.